The third-order valence-corrected chi connectivity index (χ3v) is 2.94. The molecule has 0 aliphatic heterocycles. The van der Waals surface area contributed by atoms with Crippen LogP contribution in [0.2, 0.25) is 0 Å². The molecule has 20 heavy (non-hydrogen) atoms. The van der Waals surface area contributed by atoms with Crippen molar-refractivity contribution in [2.75, 3.05) is 11.9 Å². The van der Waals surface area contributed by atoms with Gasteiger partial charge in [0.25, 0.3) is 0 Å². The average Bonchev–Trinajstić information content (AvgIpc) is 2.40. The van der Waals surface area contributed by atoms with Gasteiger partial charge >= 0.3 is 5.97 Å². The smallest absolute Gasteiger partial charge is 0.308 e. The number of hydrogen-bond acceptors (Lipinski definition) is 3. The molecule has 0 radical (unpaired) electrons. The Bertz CT molecular complexity index is 432. The molecule has 0 saturated heterocycles. The number of esters is 1. The monoisotopic (exact) mass is 294 g/mol. The van der Waals surface area contributed by atoms with Gasteiger partial charge < -0.3 is 15.4 Å². The fourth-order valence-electron chi connectivity index (χ4n) is 1.70. The van der Waals surface area contributed by atoms with E-state index in [1.165, 1.54) is 26.2 Å². The van der Waals surface area contributed by atoms with Gasteiger partial charge in [-0.2, -0.15) is 0 Å². The maximum Gasteiger partial charge on any atom is 0.308 e. The summed E-state index contributed by atoms with van der Waals surface area (Å²) in [5, 5.41) is 6.88. The molecule has 0 aromatic heterocycles. The molecule has 1 aromatic carbocycles. The minimum absolute atomic E-state index is 0.324. The molecule has 2 N–H and O–H groups in total. The minimum atomic E-state index is -0.324. The maximum absolute atomic E-state index is 10.8. The van der Waals surface area contributed by atoms with Gasteiger partial charge in [0.2, 0.25) is 0 Å². The van der Waals surface area contributed by atoms with Crippen LogP contribution in [-0.2, 0) is 4.79 Å². The highest BCUT2D eigenvalue weighted by Crippen LogP contribution is 2.15. The minimum Gasteiger partial charge on any atom is -0.427 e. The second-order valence-corrected chi connectivity index (χ2v) is 4.97. The largest absolute Gasteiger partial charge is 0.427 e. The number of carbonyl (C=O) groups is 1. The van der Waals surface area contributed by atoms with Gasteiger partial charge in [-0.05, 0) is 42.9 Å². The SMILES string of the molecule is CCCCCCNC(=S)Nc1ccc(OC(C)=O)cc1. The first-order valence-corrected chi connectivity index (χ1v) is 7.36. The van der Waals surface area contributed by atoms with E-state index in [9.17, 15) is 4.79 Å². The molecule has 0 spiro atoms. The number of unbranched alkanes of at least 4 members (excludes halogenated alkanes) is 3. The Morgan fingerprint density at radius 2 is 1.90 bits per heavy atom. The predicted octanol–water partition coefficient (Wildman–Crippen LogP) is 3.48. The summed E-state index contributed by atoms with van der Waals surface area (Å²) in [6.07, 6.45) is 4.85. The van der Waals surface area contributed by atoms with Crippen LogP contribution < -0.4 is 15.4 Å². The van der Waals surface area contributed by atoms with Crippen LogP contribution in [0.15, 0.2) is 24.3 Å². The Morgan fingerprint density at radius 3 is 2.50 bits per heavy atom. The molecule has 0 fully saturated rings. The number of benzene rings is 1. The Labute approximate surface area is 125 Å². The van der Waals surface area contributed by atoms with Crippen LogP contribution in [0.5, 0.6) is 5.75 Å². The summed E-state index contributed by atoms with van der Waals surface area (Å²) in [5.74, 6) is 0.205. The van der Waals surface area contributed by atoms with Crippen molar-refractivity contribution in [3.63, 3.8) is 0 Å². The van der Waals surface area contributed by atoms with Gasteiger partial charge in [0.05, 0.1) is 0 Å². The van der Waals surface area contributed by atoms with E-state index >= 15 is 0 Å². The number of hydrogen-bond donors (Lipinski definition) is 2. The first-order valence-electron chi connectivity index (χ1n) is 6.95. The number of ether oxygens (including phenoxy) is 1. The van der Waals surface area contributed by atoms with E-state index in [-0.39, 0.29) is 5.97 Å². The van der Waals surface area contributed by atoms with E-state index in [4.69, 9.17) is 17.0 Å². The summed E-state index contributed by atoms with van der Waals surface area (Å²) < 4.78 is 4.96. The topological polar surface area (TPSA) is 50.4 Å². The molecule has 0 heterocycles. The molecule has 0 bridgehead atoms. The second-order valence-electron chi connectivity index (χ2n) is 4.56. The van der Waals surface area contributed by atoms with Gasteiger partial charge in [-0.1, -0.05) is 26.2 Å². The van der Waals surface area contributed by atoms with Crippen molar-refractivity contribution in [2.45, 2.75) is 39.5 Å². The molecule has 1 rings (SSSR count). The summed E-state index contributed by atoms with van der Waals surface area (Å²) in [7, 11) is 0. The Balaban J connectivity index is 2.29. The van der Waals surface area contributed by atoms with Crippen LogP contribution >= 0.6 is 12.2 Å². The van der Waals surface area contributed by atoms with E-state index < -0.39 is 0 Å². The number of nitrogens with one attached hydrogen (secondary N) is 2. The number of rotatable bonds is 7. The first-order chi connectivity index (χ1) is 9.61. The summed E-state index contributed by atoms with van der Waals surface area (Å²) in [4.78, 5) is 10.8. The number of thiocarbonyl (C=S) groups is 1. The van der Waals surface area contributed by atoms with Gasteiger partial charge in [-0.15, -0.1) is 0 Å². The Morgan fingerprint density at radius 1 is 1.20 bits per heavy atom. The summed E-state index contributed by atoms with van der Waals surface area (Å²) in [5.41, 5.74) is 0.868. The molecule has 0 unspecified atom stereocenters. The molecular weight excluding hydrogens is 272 g/mol. The van der Waals surface area contributed by atoms with Crippen molar-refractivity contribution >= 4 is 29.0 Å². The lowest BCUT2D eigenvalue weighted by Gasteiger charge is -2.10. The van der Waals surface area contributed by atoms with E-state index in [1.807, 2.05) is 12.1 Å². The normalized spacial score (nSPS) is 9.90. The van der Waals surface area contributed by atoms with Crippen LogP contribution in [-0.4, -0.2) is 17.6 Å². The Kier molecular flexibility index (Phi) is 7.65. The first kappa shape index (κ1) is 16.4. The molecule has 0 aliphatic carbocycles. The summed E-state index contributed by atoms with van der Waals surface area (Å²) >= 11 is 5.21. The van der Waals surface area contributed by atoms with Crippen LogP contribution in [0.1, 0.15) is 39.5 Å². The lowest BCUT2D eigenvalue weighted by Crippen LogP contribution is -2.29. The molecule has 0 saturated carbocycles. The van der Waals surface area contributed by atoms with Crippen molar-refractivity contribution in [2.24, 2.45) is 0 Å². The molecule has 5 heteroatoms. The lowest BCUT2D eigenvalue weighted by molar-refractivity contribution is -0.131. The van der Waals surface area contributed by atoms with Crippen molar-refractivity contribution in [1.29, 1.82) is 0 Å². The molecule has 110 valence electrons. The predicted molar refractivity (Wildman–Crippen MR) is 86.1 cm³/mol. The van der Waals surface area contributed by atoms with Crippen LogP contribution in [0.3, 0.4) is 0 Å². The molecule has 0 atom stereocenters. The molecule has 1 aromatic rings. The third-order valence-electron chi connectivity index (χ3n) is 2.69. The fourth-order valence-corrected chi connectivity index (χ4v) is 1.92. The maximum atomic E-state index is 10.8. The Hall–Kier alpha value is -1.62. The fraction of sp³-hybridized carbons (Fsp3) is 0.467. The van der Waals surface area contributed by atoms with Crippen molar-refractivity contribution in [3.05, 3.63) is 24.3 Å². The quantitative estimate of drug-likeness (QED) is 0.349. The van der Waals surface area contributed by atoms with Gasteiger partial charge in [0, 0.05) is 19.2 Å². The highest BCUT2D eigenvalue weighted by atomic mass is 32.1. The third kappa shape index (κ3) is 7.09. The van der Waals surface area contributed by atoms with Gasteiger partial charge in [-0.3, -0.25) is 4.79 Å². The molecular formula is C15H22N2O2S. The van der Waals surface area contributed by atoms with Crippen LogP contribution in [0.25, 0.3) is 0 Å². The van der Waals surface area contributed by atoms with Crippen LogP contribution in [0, 0.1) is 0 Å². The number of carbonyl (C=O) groups excluding carboxylic acids is 1. The van der Waals surface area contributed by atoms with E-state index in [0.717, 1.165) is 18.7 Å². The lowest BCUT2D eigenvalue weighted by atomic mass is 10.2. The van der Waals surface area contributed by atoms with E-state index in [0.29, 0.717) is 10.9 Å². The van der Waals surface area contributed by atoms with Crippen molar-refractivity contribution in [1.82, 2.24) is 5.32 Å². The van der Waals surface area contributed by atoms with Crippen molar-refractivity contribution < 1.29 is 9.53 Å². The van der Waals surface area contributed by atoms with Crippen LogP contribution in [0.4, 0.5) is 5.69 Å². The van der Waals surface area contributed by atoms with E-state index in [1.54, 1.807) is 12.1 Å². The average molecular weight is 294 g/mol. The highest BCUT2D eigenvalue weighted by molar-refractivity contribution is 7.80. The van der Waals surface area contributed by atoms with Crippen molar-refractivity contribution in [3.8, 4) is 5.75 Å². The zero-order valence-corrected chi connectivity index (χ0v) is 12.9. The molecule has 0 aliphatic rings. The van der Waals surface area contributed by atoms with Gasteiger partial charge in [0.1, 0.15) is 5.75 Å². The second kappa shape index (κ2) is 9.31. The van der Waals surface area contributed by atoms with E-state index in [2.05, 4.69) is 17.6 Å². The summed E-state index contributed by atoms with van der Waals surface area (Å²) in [6.45, 7) is 4.46. The van der Waals surface area contributed by atoms with Gasteiger partial charge in [-0.25, -0.2) is 0 Å². The zero-order chi connectivity index (χ0) is 14.8. The van der Waals surface area contributed by atoms with Gasteiger partial charge in [0.15, 0.2) is 5.11 Å². The standard InChI is InChI=1S/C15H22N2O2S/c1-3-4-5-6-11-16-15(20)17-13-7-9-14(10-8-13)19-12(2)18/h7-10H,3-6,11H2,1-2H3,(H2,16,17,20). The molecule has 4 nitrogen and oxygen atoms in total. The summed E-state index contributed by atoms with van der Waals surface area (Å²) in [6, 6.07) is 7.11. The number of anilines is 1. The molecule has 0 amide bonds. The highest BCUT2D eigenvalue weighted by Gasteiger charge is 2.00. The zero-order valence-electron chi connectivity index (χ0n) is 12.1.